The molecule has 3 aliphatic rings. The summed E-state index contributed by atoms with van der Waals surface area (Å²) in [4.78, 5) is 19.8. The zero-order valence-corrected chi connectivity index (χ0v) is 24.2. The average molecular weight is 594 g/mol. The van der Waals surface area contributed by atoms with Crippen molar-refractivity contribution < 1.29 is 17.8 Å². The molecule has 6 rings (SSSR count). The molecule has 0 bridgehead atoms. The Kier molecular flexibility index (Phi) is 7.47. The Hall–Kier alpha value is -3.85. The number of aromatic nitrogens is 3. The summed E-state index contributed by atoms with van der Waals surface area (Å²) in [6.45, 7) is 1.29. The minimum absolute atomic E-state index is 0.0291. The first-order valence-corrected chi connectivity index (χ1v) is 16.1. The van der Waals surface area contributed by atoms with E-state index in [1.54, 1.807) is 13.2 Å². The number of rotatable bonds is 6. The van der Waals surface area contributed by atoms with Crippen LogP contribution < -0.4 is 10.2 Å². The van der Waals surface area contributed by atoms with Crippen molar-refractivity contribution in [2.45, 2.75) is 49.7 Å². The van der Waals surface area contributed by atoms with E-state index in [2.05, 4.69) is 25.6 Å². The number of benzene rings is 1. The second kappa shape index (κ2) is 11.1. The van der Waals surface area contributed by atoms with Crippen LogP contribution in [0.5, 0.6) is 0 Å². The Labute approximate surface area is 244 Å². The number of alkyl halides is 1. The largest absolute Gasteiger partial charge is 0.370 e. The number of carbonyl (C=O) groups excluding carboxylic acids is 1. The molecule has 3 heterocycles. The lowest BCUT2D eigenvalue weighted by molar-refractivity contribution is -0.128. The van der Waals surface area contributed by atoms with Gasteiger partial charge in [-0.15, -0.1) is 0 Å². The Morgan fingerprint density at radius 1 is 1.19 bits per heavy atom. The number of anilines is 1. The van der Waals surface area contributed by atoms with Crippen molar-refractivity contribution in [3.8, 4) is 23.0 Å². The Balaban J connectivity index is 1.36. The van der Waals surface area contributed by atoms with E-state index >= 15 is 0 Å². The third-order valence-corrected chi connectivity index (χ3v) is 11.0. The molecule has 2 saturated carbocycles. The zero-order chi connectivity index (χ0) is 29.5. The Morgan fingerprint density at radius 2 is 1.93 bits per heavy atom. The molecule has 1 saturated heterocycles. The van der Waals surface area contributed by atoms with E-state index in [0.29, 0.717) is 55.1 Å². The fourth-order valence-corrected chi connectivity index (χ4v) is 7.59. The van der Waals surface area contributed by atoms with Gasteiger partial charge >= 0.3 is 0 Å². The van der Waals surface area contributed by atoms with Gasteiger partial charge in [0.15, 0.2) is 11.6 Å². The summed E-state index contributed by atoms with van der Waals surface area (Å²) in [5.74, 6) is -0.968. The smallest absolute Gasteiger partial charge is 0.225 e. The van der Waals surface area contributed by atoms with Gasteiger partial charge in [0.25, 0.3) is 0 Å². The molecule has 9 nitrogen and oxygen atoms in total. The van der Waals surface area contributed by atoms with Crippen LogP contribution in [0, 0.1) is 23.1 Å². The van der Waals surface area contributed by atoms with E-state index in [0.717, 1.165) is 11.3 Å². The van der Waals surface area contributed by atoms with Crippen LogP contribution in [0.2, 0.25) is 0 Å². The van der Waals surface area contributed by atoms with Crippen LogP contribution >= 0.6 is 0 Å². The number of carbonyl (C=O) groups is 1. The minimum atomic E-state index is -2.13. The van der Waals surface area contributed by atoms with Crippen LogP contribution in [0.3, 0.4) is 0 Å². The van der Waals surface area contributed by atoms with E-state index < -0.39 is 39.1 Å². The molecule has 2 aliphatic carbocycles. The normalized spacial score (nSPS) is 24.4. The highest BCUT2D eigenvalue weighted by Crippen LogP contribution is 2.44. The fourth-order valence-electron chi connectivity index (χ4n) is 6.00. The van der Waals surface area contributed by atoms with Crippen molar-refractivity contribution in [2.75, 3.05) is 36.5 Å². The summed E-state index contributed by atoms with van der Waals surface area (Å²) in [7, 11) is -0.518. The van der Waals surface area contributed by atoms with Crippen LogP contribution in [0.1, 0.15) is 43.7 Å². The average Bonchev–Trinajstić information content (AvgIpc) is 3.65. The molecule has 2 aromatic heterocycles. The van der Waals surface area contributed by atoms with Gasteiger partial charge in [0.1, 0.15) is 11.7 Å². The Morgan fingerprint density at radius 3 is 2.57 bits per heavy atom. The molecule has 220 valence electrons. The van der Waals surface area contributed by atoms with Crippen molar-refractivity contribution in [2.24, 2.45) is 10.3 Å². The van der Waals surface area contributed by atoms with Gasteiger partial charge < -0.3 is 10.2 Å². The van der Waals surface area contributed by atoms with E-state index in [1.165, 1.54) is 23.0 Å². The molecular weight excluding hydrogens is 560 g/mol. The monoisotopic (exact) mass is 593 g/mol. The van der Waals surface area contributed by atoms with Crippen molar-refractivity contribution in [3.63, 3.8) is 0 Å². The fraction of sp³-hybridized carbons (Fsp3) is 0.467. The van der Waals surface area contributed by atoms with E-state index in [9.17, 15) is 23.0 Å². The molecule has 3 fully saturated rings. The van der Waals surface area contributed by atoms with Crippen molar-refractivity contribution in [1.82, 2.24) is 20.1 Å². The van der Waals surface area contributed by atoms with Crippen LogP contribution in [-0.2, 0) is 14.5 Å². The SMILES string of the molecule is CN=S1(=O)CCN(c2ccc(-c3cn(-c4ncccc4F)nc3C3CCC(F)CC3C(=O)NC3(C#N)CC3)cc2)CC1. The van der Waals surface area contributed by atoms with Gasteiger partial charge in [-0.05, 0) is 61.9 Å². The molecule has 3 aromatic rings. The summed E-state index contributed by atoms with van der Waals surface area (Å²) >= 11 is 0. The topological polar surface area (TPSA) is 116 Å². The quantitative estimate of drug-likeness (QED) is 0.453. The third-order valence-electron chi connectivity index (χ3n) is 8.74. The van der Waals surface area contributed by atoms with Gasteiger partial charge in [0, 0.05) is 76.9 Å². The first-order chi connectivity index (χ1) is 20.2. The van der Waals surface area contributed by atoms with E-state index in [4.69, 9.17) is 5.10 Å². The van der Waals surface area contributed by atoms with E-state index in [1.807, 2.05) is 24.3 Å². The highest BCUT2D eigenvalue weighted by Gasteiger charge is 2.48. The number of nitriles is 1. The second-order valence-electron chi connectivity index (χ2n) is 11.4. The molecule has 1 aromatic carbocycles. The highest BCUT2D eigenvalue weighted by molar-refractivity contribution is 7.93. The zero-order valence-electron chi connectivity index (χ0n) is 23.4. The standard InChI is InChI=1S/C30H33F2N7O2S/c1-34-42(41)15-13-38(14-16-42)22-7-4-20(5-8-22)25-18-39(28-26(32)3-2-12-35-28)37-27(25)23-9-6-21(31)17-24(23)29(40)36-30(19-33)10-11-30/h2-5,7-8,12,18,21,23-24H,6,9-11,13-17H2,1H3,(H,36,40). The number of hydrogen-bond donors (Lipinski definition) is 1. The van der Waals surface area contributed by atoms with Gasteiger partial charge in [0.05, 0.1) is 11.8 Å². The first-order valence-electron chi connectivity index (χ1n) is 14.3. The van der Waals surface area contributed by atoms with Gasteiger partial charge in [-0.2, -0.15) is 10.4 Å². The van der Waals surface area contributed by atoms with Crippen LogP contribution in [0.15, 0.2) is 53.2 Å². The maximum Gasteiger partial charge on any atom is 0.225 e. The molecule has 0 radical (unpaired) electrons. The molecule has 3 unspecified atom stereocenters. The lowest BCUT2D eigenvalue weighted by Crippen LogP contribution is -2.44. The first kappa shape index (κ1) is 28.3. The molecule has 42 heavy (non-hydrogen) atoms. The number of amides is 1. The van der Waals surface area contributed by atoms with Crippen LogP contribution in [0.4, 0.5) is 14.5 Å². The van der Waals surface area contributed by atoms with Gasteiger partial charge in [-0.3, -0.25) is 4.79 Å². The molecule has 1 amide bonds. The summed E-state index contributed by atoms with van der Waals surface area (Å²) < 4.78 is 47.6. The summed E-state index contributed by atoms with van der Waals surface area (Å²) in [6.07, 6.45) is 3.93. The lowest BCUT2D eigenvalue weighted by Gasteiger charge is -2.32. The molecule has 1 aliphatic heterocycles. The number of hydrogen-bond acceptors (Lipinski definition) is 7. The van der Waals surface area contributed by atoms with Gasteiger partial charge in [-0.1, -0.05) is 12.1 Å². The van der Waals surface area contributed by atoms with Gasteiger partial charge in [-0.25, -0.2) is 27.0 Å². The molecule has 0 spiro atoms. The molecule has 1 N–H and O–H groups in total. The second-order valence-corrected chi connectivity index (χ2v) is 14.1. The third kappa shape index (κ3) is 5.50. The maximum absolute atomic E-state index is 14.8. The molecule has 3 atom stereocenters. The number of nitrogens with one attached hydrogen (secondary N) is 1. The summed E-state index contributed by atoms with van der Waals surface area (Å²) in [5.41, 5.74) is 2.22. The maximum atomic E-state index is 14.8. The Bertz CT molecular complexity index is 1640. The number of pyridine rings is 1. The van der Waals surface area contributed by atoms with Crippen molar-refractivity contribution >= 4 is 21.3 Å². The van der Waals surface area contributed by atoms with Crippen molar-refractivity contribution in [3.05, 3.63) is 60.3 Å². The predicted octanol–water partition coefficient (Wildman–Crippen LogP) is 4.39. The minimum Gasteiger partial charge on any atom is -0.370 e. The highest BCUT2D eigenvalue weighted by atomic mass is 32.2. The van der Waals surface area contributed by atoms with Crippen LogP contribution in [-0.4, -0.2) is 68.2 Å². The van der Waals surface area contributed by atoms with Crippen molar-refractivity contribution in [1.29, 1.82) is 5.26 Å². The lowest BCUT2D eigenvalue weighted by atomic mass is 9.74. The number of halogens is 2. The summed E-state index contributed by atoms with van der Waals surface area (Å²) in [6, 6.07) is 12.9. The van der Waals surface area contributed by atoms with E-state index in [-0.39, 0.29) is 24.6 Å². The predicted molar refractivity (Wildman–Crippen MR) is 156 cm³/mol. The molecular formula is C30H33F2N7O2S. The molecule has 12 heteroatoms. The summed E-state index contributed by atoms with van der Waals surface area (Å²) in [5, 5.41) is 17.1. The van der Waals surface area contributed by atoms with Gasteiger partial charge in [0.2, 0.25) is 5.91 Å². The van der Waals surface area contributed by atoms with Crippen LogP contribution in [0.25, 0.3) is 16.9 Å². The number of nitrogens with zero attached hydrogens (tertiary/aromatic N) is 6.